The highest BCUT2D eigenvalue weighted by Gasteiger charge is 2.08. The Morgan fingerprint density at radius 3 is 2.81 bits per heavy atom. The van der Waals surface area contributed by atoms with Crippen molar-refractivity contribution >= 4 is 16.7 Å². The van der Waals surface area contributed by atoms with Gasteiger partial charge >= 0.3 is 0 Å². The van der Waals surface area contributed by atoms with Crippen LogP contribution in [0.4, 0.5) is 5.82 Å². The van der Waals surface area contributed by atoms with E-state index in [1.54, 1.807) is 12.4 Å². The van der Waals surface area contributed by atoms with Gasteiger partial charge in [0.2, 0.25) is 0 Å². The van der Waals surface area contributed by atoms with Gasteiger partial charge in [0.05, 0.1) is 23.6 Å². The molecule has 0 aliphatic heterocycles. The van der Waals surface area contributed by atoms with Crippen molar-refractivity contribution in [3.8, 4) is 11.3 Å². The van der Waals surface area contributed by atoms with Crippen LogP contribution in [0.3, 0.4) is 0 Å². The van der Waals surface area contributed by atoms with E-state index >= 15 is 0 Å². The minimum absolute atomic E-state index is 0.00258. The number of anilines is 1. The van der Waals surface area contributed by atoms with Gasteiger partial charge in [0.25, 0.3) is 0 Å². The molecule has 1 atom stereocenters. The Balaban J connectivity index is 1.46. The van der Waals surface area contributed by atoms with Gasteiger partial charge in [-0.25, -0.2) is 4.98 Å². The Labute approximate surface area is 157 Å². The fourth-order valence-corrected chi connectivity index (χ4v) is 3.11. The zero-order valence-corrected chi connectivity index (χ0v) is 15.2. The first kappa shape index (κ1) is 17.2. The summed E-state index contributed by atoms with van der Waals surface area (Å²) in [6, 6.07) is 16.3. The zero-order valence-electron chi connectivity index (χ0n) is 15.2. The molecule has 0 fully saturated rings. The third-order valence-electron chi connectivity index (χ3n) is 4.56. The summed E-state index contributed by atoms with van der Waals surface area (Å²) < 4.78 is 0. The molecule has 2 aromatic carbocycles. The van der Waals surface area contributed by atoms with Gasteiger partial charge in [0.15, 0.2) is 0 Å². The third kappa shape index (κ3) is 3.96. The predicted octanol–water partition coefficient (Wildman–Crippen LogP) is 3.31. The van der Waals surface area contributed by atoms with Crippen LogP contribution in [-0.4, -0.2) is 32.8 Å². The fourth-order valence-electron chi connectivity index (χ4n) is 3.11. The van der Waals surface area contributed by atoms with E-state index in [1.807, 2.05) is 37.3 Å². The minimum atomic E-state index is 0.00258. The molecular formula is C21H22N6. The van der Waals surface area contributed by atoms with Crippen LogP contribution in [0.2, 0.25) is 0 Å². The SMILES string of the molecule is Cc1[nH]nc2ccc(-c3cncc(NC[C@@H](N)Cc4ccccc4)n3)cc12. The second-order valence-corrected chi connectivity index (χ2v) is 6.70. The highest BCUT2D eigenvalue weighted by atomic mass is 15.1. The Morgan fingerprint density at radius 1 is 1.11 bits per heavy atom. The van der Waals surface area contributed by atoms with Crippen LogP contribution in [-0.2, 0) is 6.42 Å². The summed E-state index contributed by atoms with van der Waals surface area (Å²) in [4.78, 5) is 9.01. The molecule has 4 N–H and O–H groups in total. The molecule has 0 amide bonds. The van der Waals surface area contributed by atoms with Crippen LogP contribution < -0.4 is 11.1 Å². The number of hydrogen-bond acceptors (Lipinski definition) is 5. The molecule has 4 aromatic rings. The van der Waals surface area contributed by atoms with Crippen LogP contribution in [0.15, 0.2) is 60.9 Å². The summed E-state index contributed by atoms with van der Waals surface area (Å²) in [5, 5.41) is 11.7. The van der Waals surface area contributed by atoms with Gasteiger partial charge in [-0.1, -0.05) is 36.4 Å². The van der Waals surface area contributed by atoms with E-state index in [-0.39, 0.29) is 6.04 Å². The number of fused-ring (bicyclic) bond motifs is 1. The number of nitrogens with two attached hydrogens (primary N) is 1. The molecule has 0 radical (unpaired) electrons. The van der Waals surface area contributed by atoms with Gasteiger partial charge < -0.3 is 11.1 Å². The molecule has 0 saturated carbocycles. The molecule has 6 heteroatoms. The minimum Gasteiger partial charge on any atom is -0.367 e. The smallest absolute Gasteiger partial charge is 0.145 e. The molecular weight excluding hydrogens is 336 g/mol. The first-order valence-corrected chi connectivity index (χ1v) is 8.99. The van der Waals surface area contributed by atoms with E-state index in [0.717, 1.165) is 40.1 Å². The number of hydrogen-bond donors (Lipinski definition) is 3. The second kappa shape index (κ2) is 7.55. The van der Waals surface area contributed by atoms with Crippen LogP contribution in [0, 0.1) is 6.92 Å². The maximum absolute atomic E-state index is 6.25. The van der Waals surface area contributed by atoms with Crippen molar-refractivity contribution in [2.24, 2.45) is 5.73 Å². The summed E-state index contributed by atoms with van der Waals surface area (Å²) in [6.07, 6.45) is 4.31. The highest BCUT2D eigenvalue weighted by Crippen LogP contribution is 2.24. The zero-order chi connectivity index (χ0) is 18.6. The molecule has 6 nitrogen and oxygen atoms in total. The van der Waals surface area contributed by atoms with Crippen LogP contribution in [0.1, 0.15) is 11.3 Å². The summed E-state index contributed by atoms with van der Waals surface area (Å²) >= 11 is 0. The van der Waals surface area contributed by atoms with E-state index in [0.29, 0.717) is 6.54 Å². The van der Waals surface area contributed by atoms with Crippen LogP contribution >= 0.6 is 0 Å². The van der Waals surface area contributed by atoms with Crippen molar-refractivity contribution in [3.05, 3.63) is 72.2 Å². The third-order valence-corrected chi connectivity index (χ3v) is 4.56. The summed E-state index contributed by atoms with van der Waals surface area (Å²) in [5.74, 6) is 0.722. The van der Waals surface area contributed by atoms with Crippen molar-refractivity contribution < 1.29 is 0 Å². The van der Waals surface area contributed by atoms with E-state index in [4.69, 9.17) is 5.73 Å². The predicted molar refractivity (Wildman–Crippen MR) is 108 cm³/mol. The molecule has 0 spiro atoms. The van der Waals surface area contributed by atoms with Crippen LogP contribution in [0.25, 0.3) is 22.2 Å². The van der Waals surface area contributed by atoms with Gasteiger partial charge in [-0.3, -0.25) is 10.1 Å². The number of aromatic amines is 1. The number of rotatable bonds is 6. The monoisotopic (exact) mass is 358 g/mol. The van der Waals surface area contributed by atoms with E-state index < -0.39 is 0 Å². The first-order chi connectivity index (χ1) is 13.2. The van der Waals surface area contributed by atoms with Crippen molar-refractivity contribution in [2.45, 2.75) is 19.4 Å². The topological polar surface area (TPSA) is 92.5 Å². The van der Waals surface area contributed by atoms with E-state index in [9.17, 15) is 0 Å². The lowest BCUT2D eigenvalue weighted by Gasteiger charge is -2.13. The summed E-state index contributed by atoms with van der Waals surface area (Å²) in [7, 11) is 0. The Hall–Kier alpha value is -3.25. The van der Waals surface area contributed by atoms with Crippen molar-refractivity contribution in [3.63, 3.8) is 0 Å². The Morgan fingerprint density at radius 2 is 1.96 bits per heavy atom. The normalized spacial score (nSPS) is 12.2. The first-order valence-electron chi connectivity index (χ1n) is 8.99. The number of aromatic nitrogens is 4. The molecule has 0 unspecified atom stereocenters. The lowest BCUT2D eigenvalue weighted by atomic mass is 10.1. The molecule has 0 bridgehead atoms. The molecule has 2 heterocycles. The Bertz CT molecular complexity index is 1040. The van der Waals surface area contributed by atoms with Gasteiger partial charge in [0, 0.05) is 29.2 Å². The molecule has 0 aliphatic rings. The number of H-pyrrole nitrogens is 1. The summed E-state index contributed by atoms with van der Waals surface area (Å²) in [6.45, 7) is 2.64. The van der Waals surface area contributed by atoms with Gasteiger partial charge in [0.1, 0.15) is 5.82 Å². The quantitative estimate of drug-likeness (QED) is 0.492. The lowest BCUT2D eigenvalue weighted by Crippen LogP contribution is -2.31. The standard InChI is InChI=1S/C21H22N6/c1-14-18-10-16(7-8-19(18)27-26-14)20-12-23-13-21(25-20)24-11-17(22)9-15-5-3-2-4-6-15/h2-8,10,12-13,17H,9,11,22H2,1H3,(H,24,25)(H,26,27)/t17-/m0/s1. The van der Waals surface area contributed by atoms with Crippen molar-refractivity contribution in [2.75, 3.05) is 11.9 Å². The average Bonchev–Trinajstić information content (AvgIpc) is 3.08. The Kier molecular flexibility index (Phi) is 4.80. The maximum atomic E-state index is 6.25. The molecule has 0 aliphatic carbocycles. The number of nitrogens with one attached hydrogen (secondary N) is 2. The molecule has 27 heavy (non-hydrogen) atoms. The number of benzene rings is 2. The molecule has 4 rings (SSSR count). The van der Waals surface area contributed by atoms with Gasteiger partial charge in [-0.15, -0.1) is 0 Å². The van der Waals surface area contributed by atoms with Crippen LogP contribution in [0.5, 0.6) is 0 Å². The number of aryl methyl sites for hydroxylation is 1. The molecule has 136 valence electrons. The maximum Gasteiger partial charge on any atom is 0.145 e. The largest absolute Gasteiger partial charge is 0.367 e. The van der Waals surface area contributed by atoms with Gasteiger partial charge in [-0.05, 0) is 31.0 Å². The van der Waals surface area contributed by atoms with E-state index in [2.05, 4.69) is 43.7 Å². The number of nitrogens with zero attached hydrogens (tertiary/aromatic N) is 3. The average molecular weight is 358 g/mol. The molecule has 0 saturated heterocycles. The van der Waals surface area contributed by atoms with Crippen molar-refractivity contribution in [1.82, 2.24) is 20.2 Å². The van der Waals surface area contributed by atoms with Crippen molar-refractivity contribution in [1.29, 1.82) is 0 Å². The highest BCUT2D eigenvalue weighted by molar-refractivity contribution is 5.85. The van der Waals surface area contributed by atoms with Gasteiger partial charge in [-0.2, -0.15) is 5.10 Å². The fraction of sp³-hybridized carbons (Fsp3) is 0.190. The lowest BCUT2D eigenvalue weighted by molar-refractivity contribution is 0.697. The van der Waals surface area contributed by atoms with E-state index in [1.165, 1.54) is 5.56 Å². The molecule has 2 aromatic heterocycles. The second-order valence-electron chi connectivity index (χ2n) is 6.70. The summed E-state index contributed by atoms with van der Waals surface area (Å²) in [5.41, 5.74) is 11.3.